The summed E-state index contributed by atoms with van der Waals surface area (Å²) in [5, 5.41) is 8.05. The van der Waals surface area contributed by atoms with Crippen LogP contribution in [-0.4, -0.2) is 15.3 Å². The molecule has 1 rings (SSSR count). The van der Waals surface area contributed by atoms with E-state index >= 15 is 0 Å². The molecule has 1 aromatic heterocycles. The zero-order valence-electron chi connectivity index (χ0n) is 10.9. The number of rotatable bonds is 5. The van der Waals surface area contributed by atoms with Crippen LogP contribution < -0.4 is 5.32 Å². The highest BCUT2D eigenvalue weighted by atomic mass is 79.9. The largest absolute Gasteiger partial charge is 0.306 e. The highest BCUT2D eigenvalue weighted by Crippen LogP contribution is 2.21. The second kappa shape index (κ2) is 5.32. The van der Waals surface area contributed by atoms with Gasteiger partial charge in [-0.3, -0.25) is 4.68 Å². The molecule has 0 saturated heterocycles. The van der Waals surface area contributed by atoms with E-state index < -0.39 is 0 Å². The van der Waals surface area contributed by atoms with Gasteiger partial charge in [-0.1, -0.05) is 6.92 Å². The molecule has 16 heavy (non-hydrogen) atoms. The van der Waals surface area contributed by atoms with Crippen LogP contribution in [0.25, 0.3) is 0 Å². The van der Waals surface area contributed by atoms with Crippen molar-refractivity contribution < 1.29 is 0 Å². The Bertz CT molecular complexity index is 355. The molecule has 0 amide bonds. The number of hydrogen-bond acceptors (Lipinski definition) is 2. The van der Waals surface area contributed by atoms with Gasteiger partial charge >= 0.3 is 0 Å². The predicted molar refractivity (Wildman–Crippen MR) is 71.5 cm³/mol. The maximum absolute atomic E-state index is 4.48. The Hall–Kier alpha value is -0.350. The molecule has 0 aliphatic carbocycles. The van der Waals surface area contributed by atoms with E-state index in [-0.39, 0.29) is 5.54 Å². The van der Waals surface area contributed by atoms with Crippen molar-refractivity contribution in [3.63, 3.8) is 0 Å². The second-order valence-corrected chi connectivity index (χ2v) is 5.55. The summed E-state index contributed by atoms with van der Waals surface area (Å²) in [7, 11) is 0. The van der Waals surface area contributed by atoms with E-state index in [1.165, 1.54) is 5.69 Å². The molecule has 1 heterocycles. The molecule has 92 valence electrons. The Balaban J connectivity index is 2.81. The lowest BCUT2D eigenvalue weighted by Crippen LogP contribution is -2.38. The molecule has 0 spiro atoms. The number of halogens is 1. The smallest absolute Gasteiger partial charge is 0.0739 e. The van der Waals surface area contributed by atoms with Gasteiger partial charge in [0.2, 0.25) is 0 Å². The number of aromatic nitrogens is 2. The monoisotopic (exact) mass is 287 g/mol. The van der Waals surface area contributed by atoms with Crippen LogP contribution in [0.2, 0.25) is 0 Å². The lowest BCUT2D eigenvalue weighted by atomic mass is 10.0. The Morgan fingerprint density at radius 2 is 2.00 bits per heavy atom. The Labute approximate surface area is 107 Å². The molecule has 0 aliphatic rings. The molecule has 0 aromatic carbocycles. The van der Waals surface area contributed by atoms with Gasteiger partial charge in [0, 0.05) is 18.6 Å². The third kappa shape index (κ3) is 3.08. The van der Waals surface area contributed by atoms with E-state index in [0.717, 1.165) is 29.7 Å². The van der Waals surface area contributed by atoms with Crippen molar-refractivity contribution in [3.05, 3.63) is 15.9 Å². The van der Waals surface area contributed by atoms with Gasteiger partial charge in [-0.2, -0.15) is 5.10 Å². The van der Waals surface area contributed by atoms with Crippen LogP contribution in [0.5, 0.6) is 0 Å². The third-order valence-corrected chi connectivity index (χ3v) is 4.10. The molecule has 0 fully saturated rings. The summed E-state index contributed by atoms with van der Waals surface area (Å²) in [5.41, 5.74) is 2.48. The maximum atomic E-state index is 4.48. The second-order valence-electron chi connectivity index (χ2n) is 4.75. The molecule has 0 unspecified atom stereocenters. The molecule has 0 bridgehead atoms. The van der Waals surface area contributed by atoms with Crippen molar-refractivity contribution in [2.24, 2.45) is 0 Å². The molecular weight excluding hydrogens is 266 g/mol. The molecule has 1 aromatic rings. The molecule has 0 radical (unpaired) electrons. The fourth-order valence-electron chi connectivity index (χ4n) is 1.49. The van der Waals surface area contributed by atoms with E-state index in [2.05, 4.69) is 58.7 Å². The van der Waals surface area contributed by atoms with Crippen molar-refractivity contribution in [1.29, 1.82) is 0 Å². The Kier molecular flexibility index (Phi) is 4.56. The average molecular weight is 288 g/mol. The van der Waals surface area contributed by atoms with E-state index in [4.69, 9.17) is 0 Å². The Morgan fingerprint density at radius 1 is 1.38 bits per heavy atom. The van der Waals surface area contributed by atoms with Crippen molar-refractivity contribution in [2.45, 2.75) is 59.7 Å². The van der Waals surface area contributed by atoms with Crippen molar-refractivity contribution in [2.75, 3.05) is 0 Å². The average Bonchev–Trinajstić information content (AvgIpc) is 2.52. The molecule has 0 atom stereocenters. The van der Waals surface area contributed by atoms with Gasteiger partial charge in [-0.15, -0.1) is 0 Å². The first-order chi connectivity index (χ1) is 7.41. The van der Waals surface area contributed by atoms with Gasteiger partial charge in [-0.05, 0) is 50.0 Å². The first kappa shape index (κ1) is 13.7. The highest BCUT2D eigenvalue weighted by molar-refractivity contribution is 9.10. The number of hydrogen-bond donors (Lipinski definition) is 1. The van der Waals surface area contributed by atoms with E-state index in [1.807, 2.05) is 6.92 Å². The van der Waals surface area contributed by atoms with Gasteiger partial charge in [0.05, 0.1) is 15.9 Å². The molecular formula is C12H22BrN3. The fourth-order valence-corrected chi connectivity index (χ4v) is 1.91. The topological polar surface area (TPSA) is 29.9 Å². The summed E-state index contributed by atoms with van der Waals surface area (Å²) >= 11 is 3.61. The van der Waals surface area contributed by atoms with Gasteiger partial charge in [0.25, 0.3) is 0 Å². The van der Waals surface area contributed by atoms with Gasteiger partial charge in [0.15, 0.2) is 0 Å². The first-order valence-electron chi connectivity index (χ1n) is 5.88. The quantitative estimate of drug-likeness (QED) is 0.901. The highest BCUT2D eigenvalue weighted by Gasteiger charge is 2.17. The molecule has 0 saturated carbocycles. The number of aryl methyl sites for hydroxylation is 2. The summed E-state index contributed by atoms with van der Waals surface area (Å²) < 4.78 is 3.19. The van der Waals surface area contributed by atoms with Crippen LogP contribution in [-0.2, 0) is 13.1 Å². The molecule has 1 N–H and O–H groups in total. The standard InChI is InChI=1S/C12H22BrN3/c1-6-12(4,5)14-8-10-11(13)9(3)15-16(10)7-2/h14H,6-8H2,1-5H3. The third-order valence-electron chi connectivity index (χ3n) is 3.07. The van der Waals surface area contributed by atoms with Crippen molar-refractivity contribution in [1.82, 2.24) is 15.1 Å². The predicted octanol–water partition coefficient (Wildman–Crippen LogP) is 3.25. The summed E-state index contributed by atoms with van der Waals surface area (Å²) in [6.45, 7) is 12.6. The zero-order valence-corrected chi connectivity index (χ0v) is 12.5. The lowest BCUT2D eigenvalue weighted by Gasteiger charge is -2.24. The number of nitrogens with one attached hydrogen (secondary N) is 1. The van der Waals surface area contributed by atoms with Crippen molar-refractivity contribution >= 4 is 15.9 Å². The van der Waals surface area contributed by atoms with E-state index in [0.29, 0.717) is 0 Å². The van der Waals surface area contributed by atoms with E-state index in [9.17, 15) is 0 Å². The maximum Gasteiger partial charge on any atom is 0.0739 e. The Morgan fingerprint density at radius 3 is 2.50 bits per heavy atom. The molecule has 0 aliphatic heterocycles. The van der Waals surface area contributed by atoms with Gasteiger partial charge in [-0.25, -0.2) is 0 Å². The molecule has 3 nitrogen and oxygen atoms in total. The van der Waals surface area contributed by atoms with Crippen LogP contribution in [0.3, 0.4) is 0 Å². The first-order valence-corrected chi connectivity index (χ1v) is 6.67. The summed E-state index contributed by atoms with van der Waals surface area (Å²) in [6, 6.07) is 0. The van der Waals surface area contributed by atoms with Gasteiger partial charge in [0.1, 0.15) is 0 Å². The minimum absolute atomic E-state index is 0.177. The van der Waals surface area contributed by atoms with Gasteiger partial charge < -0.3 is 5.32 Å². The van der Waals surface area contributed by atoms with Crippen LogP contribution in [0, 0.1) is 6.92 Å². The zero-order chi connectivity index (χ0) is 12.3. The normalized spacial score (nSPS) is 12.1. The molecule has 4 heteroatoms. The summed E-state index contributed by atoms with van der Waals surface area (Å²) in [5.74, 6) is 0. The lowest BCUT2D eigenvalue weighted by molar-refractivity contribution is 0.367. The number of nitrogens with zero attached hydrogens (tertiary/aromatic N) is 2. The summed E-state index contributed by atoms with van der Waals surface area (Å²) in [6.07, 6.45) is 1.11. The van der Waals surface area contributed by atoms with Crippen LogP contribution in [0.15, 0.2) is 4.47 Å². The fraction of sp³-hybridized carbons (Fsp3) is 0.750. The van der Waals surface area contributed by atoms with Crippen molar-refractivity contribution in [3.8, 4) is 0 Å². The van der Waals surface area contributed by atoms with Crippen LogP contribution in [0.1, 0.15) is 45.5 Å². The van der Waals surface area contributed by atoms with E-state index in [1.54, 1.807) is 0 Å². The minimum Gasteiger partial charge on any atom is -0.306 e. The SMILES string of the molecule is CCn1nc(C)c(Br)c1CNC(C)(C)CC. The summed E-state index contributed by atoms with van der Waals surface area (Å²) in [4.78, 5) is 0. The van der Waals surface area contributed by atoms with Crippen LogP contribution >= 0.6 is 15.9 Å². The van der Waals surface area contributed by atoms with Crippen LogP contribution in [0.4, 0.5) is 0 Å². The minimum atomic E-state index is 0.177.